The third-order valence-electron chi connectivity index (χ3n) is 4.67. The molecule has 0 saturated heterocycles. The highest BCUT2D eigenvalue weighted by Gasteiger charge is 2.04. The molecule has 0 aliphatic carbocycles. The topological polar surface area (TPSA) is 28.4 Å². The van der Waals surface area contributed by atoms with Crippen LogP contribution in [0.25, 0.3) is 16.6 Å². The van der Waals surface area contributed by atoms with Crippen molar-refractivity contribution < 1.29 is 5.11 Å². The summed E-state index contributed by atoms with van der Waals surface area (Å²) >= 11 is 3.48. The highest BCUT2D eigenvalue weighted by atomic mass is 79.9. The fourth-order valence-corrected chi connectivity index (χ4v) is 3.44. The number of hydrogen-bond donors (Lipinski definition) is 1. The van der Waals surface area contributed by atoms with Crippen molar-refractivity contribution >= 4 is 26.8 Å². The van der Waals surface area contributed by atoms with Gasteiger partial charge in [0.1, 0.15) is 0 Å². The highest BCUT2D eigenvalue weighted by molar-refractivity contribution is 9.10. The van der Waals surface area contributed by atoms with E-state index in [0.29, 0.717) is 0 Å². The summed E-state index contributed by atoms with van der Waals surface area (Å²) in [4.78, 5) is 2.25. The van der Waals surface area contributed by atoms with Gasteiger partial charge in [-0.2, -0.15) is 0 Å². The second-order valence-corrected chi connectivity index (χ2v) is 7.41. The first-order valence-electron chi connectivity index (χ1n) is 9.40. The number of aliphatic hydroxyl groups is 1. The molecule has 0 aliphatic rings. The van der Waals surface area contributed by atoms with Crippen LogP contribution in [0.5, 0.6) is 0 Å². The van der Waals surface area contributed by atoms with Crippen LogP contribution >= 0.6 is 15.9 Å². The molecule has 4 heteroatoms. The number of hydrogen-bond acceptors (Lipinski definition) is 2. The highest BCUT2D eigenvalue weighted by Crippen LogP contribution is 2.22. The molecule has 3 aromatic rings. The Morgan fingerprint density at radius 3 is 2.63 bits per heavy atom. The number of aliphatic hydroxyl groups excluding tert-OH is 1. The third kappa shape index (κ3) is 5.23. The molecule has 140 valence electrons. The first kappa shape index (κ1) is 19.7. The SMILES string of the molecule is CCN(CCO)CCCC#Cc1ccc2c(ccn2-c2ccc(Br)cc2)c1. The molecule has 0 aliphatic heterocycles. The Balaban J connectivity index is 1.65. The monoisotopic (exact) mass is 424 g/mol. The zero-order valence-electron chi connectivity index (χ0n) is 15.7. The zero-order chi connectivity index (χ0) is 19.1. The van der Waals surface area contributed by atoms with Crippen molar-refractivity contribution in [3.8, 4) is 17.5 Å². The lowest BCUT2D eigenvalue weighted by Crippen LogP contribution is -2.27. The summed E-state index contributed by atoms with van der Waals surface area (Å²) in [6, 6.07) is 16.8. The molecule has 2 aromatic carbocycles. The van der Waals surface area contributed by atoms with Gasteiger partial charge in [-0.3, -0.25) is 0 Å². The number of benzene rings is 2. The van der Waals surface area contributed by atoms with E-state index >= 15 is 0 Å². The predicted octanol–water partition coefficient (Wildman–Crippen LogP) is 4.84. The molecule has 0 atom stereocenters. The van der Waals surface area contributed by atoms with Gasteiger partial charge in [-0.15, -0.1) is 0 Å². The first-order valence-corrected chi connectivity index (χ1v) is 10.2. The maximum atomic E-state index is 9.02. The standard InChI is InChI=1S/C23H25BrN2O/c1-2-25(16-17-27)14-5-3-4-6-19-7-12-23-20(18-19)13-15-26(23)22-10-8-21(24)9-11-22/h7-13,15,18,27H,2-3,5,14,16-17H2,1H3. The van der Waals surface area contributed by atoms with E-state index in [-0.39, 0.29) is 6.61 Å². The van der Waals surface area contributed by atoms with Crippen LogP contribution in [0.15, 0.2) is 59.2 Å². The van der Waals surface area contributed by atoms with Crippen LogP contribution in [0.1, 0.15) is 25.3 Å². The van der Waals surface area contributed by atoms with Crippen LogP contribution in [0.2, 0.25) is 0 Å². The molecule has 1 heterocycles. The molecule has 0 amide bonds. The van der Waals surface area contributed by atoms with Crippen molar-refractivity contribution in [2.45, 2.75) is 19.8 Å². The number of likely N-dealkylation sites (N-methyl/N-ethyl adjacent to an activating group) is 1. The van der Waals surface area contributed by atoms with Crippen molar-refractivity contribution in [1.29, 1.82) is 0 Å². The van der Waals surface area contributed by atoms with Gasteiger partial charge in [0, 0.05) is 40.3 Å². The third-order valence-corrected chi connectivity index (χ3v) is 5.20. The Labute approximate surface area is 169 Å². The quantitative estimate of drug-likeness (QED) is 0.434. The van der Waals surface area contributed by atoms with E-state index in [2.05, 4.69) is 98.9 Å². The molecule has 0 spiro atoms. The van der Waals surface area contributed by atoms with Crippen molar-refractivity contribution in [2.75, 3.05) is 26.2 Å². The van der Waals surface area contributed by atoms with Crippen LogP contribution in [0.4, 0.5) is 0 Å². The lowest BCUT2D eigenvalue weighted by Gasteiger charge is -2.17. The summed E-state index contributed by atoms with van der Waals surface area (Å²) in [6.45, 7) is 5.05. The molecule has 1 aromatic heterocycles. The fraction of sp³-hybridized carbons (Fsp3) is 0.304. The van der Waals surface area contributed by atoms with E-state index in [4.69, 9.17) is 5.11 Å². The predicted molar refractivity (Wildman–Crippen MR) is 116 cm³/mol. The second-order valence-electron chi connectivity index (χ2n) is 6.50. The van der Waals surface area contributed by atoms with Gasteiger partial charge >= 0.3 is 0 Å². The summed E-state index contributed by atoms with van der Waals surface area (Å²) < 4.78 is 3.28. The molecule has 0 saturated carbocycles. The van der Waals surface area contributed by atoms with Gasteiger partial charge in [0.15, 0.2) is 0 Å². The second kappa shape index (κ2) is 9.75. The van der Waals surface area contributed by atoms with Crippen LogP contribution in [0.3, 0.4) is 0 Å². The average molecular weight is 425 g/mol. The van der Waals surface area contributed by atoms with Crippen molar-refractivity contribution in [2.24, 2.45) is 0 Å². The number of aromatic nitrogens is 1. The Morgan fingerprint density at radius 1 is 1.07 bits per heavy atom. The molecule has 3 nitrogen and oxygen atoms in total. The lowest BCUT2D eigenvalue weighted by atomic mass is 10.1. The van der Waals surface area contributed by atoms with Crippen molar-refractivity contribution in [3.05, 3.63) is 64.8 Å². The number of rotatable bonds is 7. The Kier molecular flexibility index (Phi) is 7.11. The molecule has 0 unspecified atom stereocenters. The molecule has 27 heavy (non-hydrogen) atoms. The summed E-state index contributed by atoms with van der Waals surface area (Å²) in [5.74, 6) is 6.57. The van der Waals surface area contributed by atoms with E-state index in [1.54, 1.807) is 0 Å². The minimum absolute atomic E-state index is 0.222. The van der Waals surface area contributed by atoms with Crippen molar-refractivity contribution in [3.63, 3.8) is 0 Å². The number of unbranched alkanes of at least 4 members (excludes halogenated alkanes) is 1. The summed E-state index contributed by atoms with van der Waals surface area (Å²) in [5, 5.41) is 10.2. The zero-order valence-corrected chi connectivity index (χ0v) is 17.2. The van der Waals surface area contributed by atoms with Gasteiger partial charge in [0.05, 0.1) is 12.1 Å². The van der Waals surface area contributed by atoms with Crippen LogP contribution < -0.4 is 0 Å². The molecule has 0 radical (unpaired) electrons. The van der Waals surface area contributed by atoms with E-state index in [0.717, 1.165) is 48.2 Å². The summed E-state index contributed by atoms with van der Waals surface area (Å²) in [6.07, 6.45) is 4.01. The van der Waals surface area contributed by atoms with E-state index in [9.17, 15) is 0 Å². The minimum Gasteiger partial charge on any atom is -0.395 e. The summed E-state index contributed by atoms with van der Waals surface area (Å²) in [7, 11) is 0. The Morgan fingerprint density at radius 2 is 1.89 bits per heavy atom. The molecule has 0 fully saturated rings. The minimum atomic E-state index is 0.222. The first-order chi connectivity index (χ1) is 13.2. The Hall–Kier alpha value is -2.06. The van der Waals surface area contributed by atoms with Gasteiger partial charge < -0.3 is 14.6 Å². The van der Waals surface area contributed by atoms with E-state index in [1.807, 2.05) is 0 Å². The normalized spacial score (nSPS) is 11.0. The number of nitrogens with zero attached hydrogens (tertiary/aromatic N) is 2. The van der Waals surface area contributed by atoms with E-state index < -0.39 is 0 Å². The molecule has 0 bridgehead atoms. The van der Waals surface area contributed by atoms with Crippen molar-refractivity contribution in [1.82, 2.24) is 9.47 Å². The number of halogens is 1. The molecule has 1 N–H and O–H groups in total. The lowest BCUT2D eigenvalue weighted by molar-refractivity contribution is 0.201. The molecular weight excluding hydrogens is 400 g/mol. The van der Waals surface area contributed by atoms with Gasteiger partial charge in [-0.25, -0.2) is 0 Å². The van der Waals surface area contributed by atoms with Gasteiger partial charge in [-0.05, 0) is 68.0 Å². The van der Waals surface area contributed by atoms with Gasteiger partial charge in [0.25, 0.3) is 0 Å². The number of fused-ring (bicyclic) bond motifs is 1. The molecule has 3 rings (SSSR count). The average Bonchev–Trinajstić information content (AvgIpc) is 3.10. The summed E-state index contributed by atoms with van der Waals surface area (Å²) in [5.41, 5.74) is 3.39. The maximum absolute atomic E-state index is 9.02. The maximum Gasteiger partial charge on any atom is 0.0558 e. The molecular formula is C23H25BrN2O. The van der Waals surface area contributed by atoms with Gasteiger partial charge in [0.2, 0.25) is 0 Å². The largest absolute Gasteiger partial charge is 0.395 e. The van der Waals surface area contributed by atoms with Gasteiger partial charge in [-0.1, -0.05) is 34.7 Å². The fourth-order valence-electron chi connectivity index (χ4n) is 3.17. The van der Waals surface area contributed by atoms with E-state index in [1.165, 1.54) is 10.9 Å². The Bertz CT molecular complexity index is 934. The van der Waals surface area contributed by atoms with Crippen LogP contribution in [0, 0.1) is 11.8 Å². The van der Waals surface area contributed by atoms with Crippen LogP contribution in [-0.4, -0.2) is 40.8 Å². The smallest absolute Gasteiger partial charge is 0.0558 e. The van der Waals surface area contributed by atoms with Crippen LogP contribution in [-0.2, 0) is 0 Å².